The van der Waals surface area contributed by atoms with E-state index in [4.69, 9.17) is 4.74 Å². The van der Waals surface area contributed by atoms with Gasteiger partial charge < -0.3 is 9.64 Å². The first-order valence-electron chi connectivity index (χ1n) is 5.59. The van der Waals surface area contributed by atoms with Crippen molar-refractivity contribution in [3.63, 3.8) is 0 Å². The zero-order chi connectivity index (χ0) is 11.1. The maximum absolute atomic E-state index is 5.61. The van der Waals surface area contributed by atoms with Crippen LogP contribution in [-0.2, 0) is 6.42 Å². The van der Waals surface area contributed by atoms with E-state index in [1.54, 1.807) is 0 Å². The Balaban J connectivity index is 2.36. The van der Waals surface area contributed by atoms with Gasteiger partial charge in [-0.25, -0.2) is 0 Å². The summed E-state index contributed by atoms with van der Waals surface area (Å²) in [7, 11) is 4.10. The van der Waals surface area contributed by atoms with E-state index in [1.807, 2.05) is 14.1 Å². The van der Waals surface area contributed by atoms with Crippen molar-refractivity contribution in [1.29, 1.82) is 0 Å². The number of likely N-dealkylation sites (N-methyl/N-ethyl adjacent to an activating group) is 1. The van der Waals surface area contributed by atoms with E-state index in [-0.39, 0.29) is 0 Å². The molecule has 0 saturated carbocycles. The highest BCUT2D eigenvalue weighted by Crippen LogP contribution is 2.13. The summed E-state index contributed by atoms with van der Waals surface area (Å²) >= 11 is 0. The molecule has 1 rings (SSSR count). The number of rotatable bonds is 6. The van der Waals surface area contributed by atoms with E-state index >= 15 is 0 Å². The number of benzene rings is 1. The molecule has 0 aromatic heterocycles. The molecule has 1 aromatic carbocycles. The third-order valence-electron chi connectivity index (χ3n) is 2.27. The minimum absolute atomic E-state index is 0.750. The molecule has 84 valence electrons. The molecule has 0 saturated heterocycles. The highest BCUT2D eigenvalue weighted by Gasteiger charge is 1.95. The quantitative estimate of drug-likeness (QED) is 0.711. The van der Waals surface area contributed by atoms with Crippen molar-refractivity contribution in [2.45, 2.75) is 19.8 Å². The normalized spacial score (nSPS) is 10.7. The van der Waals surface area contributed by atoms with Crippen molar-refractivity contribution >= 4 is 0 Å². The van der Waals surface area contributed by atoms with Crippen LogP contribution >= 0.6 is 0 Å². The average molecular weight is 207 g/mol. The zero-order valence-electron chi connectivity index (χ0n) is 9.99. The fourth-order valence-corrected chi connectivity index (χ4v) is 1.39. The van der Waals surface area contributed by atoms with Gasteiger partial charge in [-0.15, -0.1) is 0 Å². The molecule has 0 radical (unpaired) electrons. The van der Waals surface area contributed by atoms with Crippen LogP contribution in [0, 0.1) is 0 Å². The standard InChI is InChI=1S/C13H21NO/c1-4-5-12-6-8-13(9-7-12)15-11-10-14(2)3/h6-9H,4-5,10-11H2,1-3H3. The summed E-state index contributed by atoms with van der Waals surface area (Å²) in [6.45, 7) is 3.90. The summed E-state index contributed by atoms with van der Waals surface area (Å²) in [5.41, 5.74) is 1.39. The lowest BCUT2D eigenvalue weighted by Crippen LogP contribution is -2.19. The molecular weight excluding hydrogens is 186 g/mol. The second-order valence-corrected chi connectivity index (χ2v) is 4.05. The second kappa shape index (κ2) is 6.46. The van der Waals surface area contributed by atoms with Gasteiger partial charge in [-0.3, -0.25) is 0 Å². The third-order valence-corrected chi connectivity index (χ3v) is 2.27. The molecule has 0 aliphatic carbocycles. The van der Waals surface area contributed by atoms with Crippen molar-refractivity contribution in [2.24, 2.45) is 0 Å². The zero-order valence-corrected chi connectivity index (χ0v) is 9.99. The van der Waals surface area contributed by atoms with E-state index in [1.165, 1.54) is 12.0 Å². The lowest BCUT2D eigenvalue weighted by atomic mass is 10.1. The minimum atomic E-state index is 0.750. The molecule has 0 aliphatic heterocycles. The van der Waals surface area contributed by atoms with E-state index in [9.17, 15) is 0 Å². The Morgan fingerprint density at radius 3 is 2.33 bits per heavy atom. The van der Waals surface area contributed by atoms with Crippen LogP contribution < -0.4 is 4.74 Å². The van der Waals surface area contributed by atoms with Gasteiger partial charge in [0.1, 0.15) is 12.4 Å². The molecule has 0 unspecified atom stereocenters. The number of hydrogen-bond acceptors (Lipinski definition) is 2. The predicted octanol–water partition coefficient (Wildman–Crippen LogP) is 2.58. The molecule has 15 heavy (non-hydrogen) atoms. The number of nitrogens with zero attached hydrogens (tertiary/aromatic N) is 1. The maximum Gasteiger partial charge on any atom is 0.119 e. The first kappa shape index (κ1) is 12.1. The third kappa shape index (κ3) is 4.84. The summed E-state index contributed by atoms with van der Waals surface area (Å²) in [4.78, 5) is 2.12. The minimum Gasteiger partial charge on any atom is -0.492 e. The van der Waals surface area contributed by atoms with E-state index in [2.05, 4.69) is 36.1 Å². The Kier molecular flexibility index (Phi) is 5.19. The maximum atomic E-state index is 5.61. The van der Waals surface area contributed by atoms with Gasteiger partial charge in [-0.05, 0) is 38.2 Å². The van der Waals surface area contributed by atoms with Gasteiger partial charge in [-0.1, -0.05) is 25.5 Å². The van der Waals surface area contributed by atoms with E-state index < -0.39 is 0 Å². The van der Waals surface area contributed by atoms with Crippen molar-refractivity contribution < 1.29 is 4.74 Å². The van der Waals surface area contributed by atoms with Crippen LogP contribution in [0.4, 0.5) is 0 Å². The topological polar surface area (TPSA) is 12.5 Å². The molecule has 1 aromatic rings. The molecule has 2 heteroatoms. The Hall–Kier alpha value is -1.02. The highest BCUT2D eigenvalue weighted by atomic mass is 16.5. The number of aryl methyl sites for hydroxylation is 1. The average Bonchev–Trinajstić information content (AvgIpc) is 2.20. The van der Waals surface area contributed by atoms with Crippen LogP contribution in [0.1, 0.15) is 18.9 Å². The van der Waals surface area contributed by atoms with Gasteiger partial charge in [-0.2, -0.15) is 0 Å². The van der Waals surface area contributed by atoms with Crippen LogP contribution in [0.2, 0.25) is 0 Å². The van der Waals surface area contributed by atoms with Crippen LogP contribution in [0.25, 0.3) is 0 Å². The lowest BCUT2D eigenvalue weighted by Gasteiger charge is -2.11. The first-order valence-corrected chi connectivity index (χ1v) is 5.59. The first-order chi connectivity index (χ1) is 7.22. The number of ether oxygens (including phenoxy) is 1. The summed E-state index contributed by atoms with van der Waals surface area (Å²) in [5, 5.41) is 0. The van der Waals surface area contributed by atoms with Gasteiger partial charge in [0, 0.05) is 6.54 Å². The van der Waals surface area contributed by atoms with Crippen molar-refractivity contribution in [2.75, 3.05) is 27.2 Å². The summed E-state index contributed by atoms with van der Waals surface area (Å²) < 4.78 is 5.61. The monoisotopic (exact) mass is 207 g/mol. The second-order valence-electron chi connectivity index (χ2n) is 4.05. The molecular formula is C13H21NO. The fraction of sp³-hybridized carbons (Fsp3) is 0.538. The predicted molar refractivity (Wildman–Crippen MR) is 64.5 cm³/mol. The van der Waals surface area contributed by atoms with Gasteiger partial charge in [0.05, 0.1) is 0 Å². The summed E-state index contributed by atoms with van der Waals surface area (Å²) in [6.07, 6.45) is 2.35. The smallest absolute Gasteiger partial charge is 0.119 e. The van der Waals surface area contributed by atoms with Crippen molar-refractivity contribution in [3.8, 4) is 5.75 Å². The highest BCUT2D eigenvalue weighted by molar-refractivity contribution is 5.27. The Labute approximate surface area is 92.9 Å². The summed E-state index contributed by atoms with van der Waals surface area (Å²) in [6, 6.07) is 8.41. The summed E-state index contributed by atoms with van der Waals surface area (Å²) in [5.74, 6) is 0.969. The van der Waals surface area contributed by atoms with E-state index in [0.717, 1.165) is 25.3 Å². The van der Waals surface area contributed by atoms with Crippen LogP contribution in [0.5, 0.6) is 5.75 Å². The van der Waals surface area contributed by atoms with Crippen LogP contribution in [0.3, 0.4) is 0 Å². The van der Waals surface area contributed by atoms with Gasteiger partial charge in [0.25, 0.3) is 0 Å². The van der Waals surface area contributed by atoms with E-state index in [0.29, 0.717) is 0 Å². The Bertz CT molecular complexity index is 266. The molecule has 0 bridgehead atoms. The lowest BCUT2D eigenvalue weighted by molar-refractivity contribution is 0.261. The molecule has 0 amide bonds. The van der Waals surface area contributed by atoms with Crippen molar-refractivity contribution in [3.05, 3.63) is 29.8 Å². The van der Waals surface area contributed by atoms with Gasteiger partial charge >= 0.3 is 0 Å². The van der Waals surface area contributed by atoms with Gasteiger partial charge in [0.15, 0.2) is 0 Å². The molecule has 0 heterocycles. The Morgan fingerprint density at radius 1 is 1.13 bits per heavy atom. The Morgan fingerprint density at radius 2 is 1.80 bits per heavy atom. The SMILES string of the molecule is CCCc1ccc(OCCN(C)C)cc1. The molecule has 0 aliphatic rings. The molecule has 0 spiro atoms. The van der Waals surface area contributed by atoms with Crippen LogP contribution in [0.15, 0.2) is 24.3 Å². The van der Waals surface area contributed by atoms with Gasteiger partial charge in [0.2, 0.25) is 0 Å². The molecule has 0 N–H and O–H groups in total. The largest absolute Gasteiger partial charge is 0.492 e. The number of hydrogen-bond donors (Lipinski definition) is 0. The molecule has 0 fully saturated rings. The molecule has 2 nitrogen and oxygen atoms in total. The fourth-order valence-electron chi connectivity index (χ4n) is 1.39. The van der Waals surface area contributed by atoms with Crippen LogP contribution in [-0.4, -0.2) is 32.1 Å². The van der Waals surface area contributed by atoms with Crippen molar-refractivity contribution in [1.82, 2.24) is 4.90 Å². The molecule has 0 atom stereocenters.